The Morgan fingerprint density at radius 2 is 1.71 bits per heavy atom. The summed E-state index contributed by atoms with van der Waals surface area (Å²) in [6.07, 6.45) is -3.91. The van der Waals surface area contributed by atoms with Gasteiger partial charge in [0, 0.05) is 10.5 Å². The highest BCUT2D eigenvalue weighted by Gasteiger charge is 2.30. The molecule has 1 unspecified atom stereocenters. The van der Waals surface area contributed by atoms with E-state index in [-0.39, 0.29) is 6.04 Å². The topological polar surface area (TPSA) is 26.0 Å². The van der Waals surface area contributed by atoms with Crippen LogP contribution in [0, 0.1) is 0 Å². The maximum absolute atomic E-state index is 12.5. The molecule has 0 aromatic heterocycles. The molecule has 0 bridgehead atoms. The molecule has 6 heteroatoms. The first-order valence-corrected chi connectivity index (χ1v) is 7.32. The number of hydrogen-bond acceptors (Lipinski definition) is 1. The van der Waals surface area contributed by atoms with Crippen LogP contribution in [-0.2, 0) is 12.6 Å². The van der Waals surface area contributed by atoms with Crippen molar-refractivity contribution in [3.8, 4) is 0 Å². The van der Waals surface area contributed by atoms with Gasteiger partial charge in [-0.2, -0.15) is 13.2 Å². The summed E-state index contributed by atoms with van der Waals surface area (Å²) in [5.41, 5.74) is 6.91. The molecule has 1 nitrogen and oxygen atoms in total. The lowest BCUT2D eigenvalue weighted by Crippen LogP contribution is -2.14. The fourth-order valence-electron chi connectivity index (χ4n) is 2.00. The van der Waals surface area contributed by atoms with Crippen LogP contribution in [0.25, 0.3) is 0 Å². The van der Waals surface area contributed by atoms with Gasteiger partial charge in [0.2, 0.25) is 0 Å². The van der Waals surface area contributed by atoms with Crippen molar-refractivity contribution >= 4 is 27.5 Å². The van der Waals surface area contributed by atoms with Gasteiger partial charge in [-0.3, -0.25) is 0 Å². The first-order chi connectivity index (χ1) is 9.79. The molecule has 0 heterocycles. The van der Waals surface area contributed by atoms with E-state index in [2.05, 4.69) is 15.9 Å². The first kappa shape index (κ1) is 16.3. The summed E-state index contributed by atoms with van der Waals surface area (Å²) in [5.74, 6) is 0. The van der Waals surface area contributed by atoms with Crippen molar-refractivity contribution in [1.82, 2.24) is 0 Å². The standard InChI is InChI=1S/C15H12BrClF3N/c16-12-3-1-2-11(14(12)17)13(21)8-9-4-6-10(7-5-9)15(18,19)20/h1-7,13H,8,21H2. The van der Waals surface area contributed by atoms with Crippen molar-refractivity contribution in [2.24, 2.45) is 5.73 Å². The Kier molecular flexibility index (Phi) is 4.96. The molecule has 0 aliphatic rings. The summed E-state index contributed by atoms with van der Waals surface area (Å²) >= 11 is 9.48. The Morgan fingerprint density at radius 3 is 2.29 bits per heavy atom. The second kappa shape index (κ2) is 6.38. The summed E-state index contributed by atoms with van der Waals surface area (Å²) in [6.45, 7) is 0. The van der Waals surface area contributed by atoms with Crippen molar-refractivity contribution < 1.29 is 13.2 Å². The van der Waals surface area contributed by atoms with Crippen LogP contribution in [-0.4, -0.2) is 0 Å². The molecule has 0 aliphatic carbocycles. The maximum Gasteiger partial charge on any atom is 0.416 e. The normalized spacial score (nSPS) is 13.2. The Labute approximate surface area is 134 Å². The zero-order chi connectivity index (χ0) is 15.6. The lowest BCUT2D eigenvalue weighted by molar-refractivity contribution is -0.137. The molecule has 0 fully saturated rings. The van der Waals surface area contributed by atoms with Gasteiger partial charge in [-0.25, -0.2) is 0 Å². The lowest BCUT2D eigenvalue weighted by atomic mass is 9.99. The van der Waals surface area contributed by atoms with E-state index in [0.29, 0.717) is 11.4 Å². The fourth-order valence-corrected chi connectivity index (χ4v) is 2.65. The zero-order valence-electron chi connectivity index (χ0n) is 10.8. The summed E-state index contributed by atoms with van der Waals surface area (Å²) in [5, 5.41) is 0.525. The van der Waals surface area contributed by atoms with Crippen LogP contribution in [0.15, 0.2) is 46.9 Å². The maximum atomic E-state index is 12.5. The van der Waals surface area contributed by atoms with Gasteiger partial charge < -0.3 is 5.73 Å². The number of alkyl halides is 3. The van der Waals surface area contributed by atoms with Gasteiger partial charge in [-0.05, 0) is 51.7 Å². The molecule has 0 saturated carbocycles. The van der Waals surface area contributed by atoms with E-state index in [1.807, 2.05) is 12.1 Å². The van der Waals surface area contributed by atoms with Crippen LogP contribution in [0.1, 0.15) is 22.7 Å². The number of rotatable bonds is 3. The highest BCUT2D eigenvalue weighted by Crippen LogP contribution is 2.32. The van der Waals surface area contributed by atoms with Crippen LogP contribution in [0.2, 0.25) is 5.02 Å². The molecule has 0 amide bonds. The molecule has 2 aromatic carbocycles. The SMILES string of the molecule is NC(Cc1ccc(C(F)(F)F)cc1)c1cccc(Br)c1Cl. The zero-order valence-corrected chi connectivity index (χ0v) is 13.1. The van der Waals surface area contributed by atoms with Gasteiger partial charge in [-0.15, -0.1) is 0 Å². The quantitative estimate of drug-likeness (QED) is 0.764. The van der Waals surface area contributed by atoms with E-state index < -0.39 is 11.7 Å². The molecule has 2 rings (SSSR count). The molecule has 0 radical (unpaired) electrons. The molecule has 0 spiro atoms. The predicted molar refractivity (Wildman–Crippen MR) is 81.2 cm³/mol. The van der Waals surface area contributed by atoms with Gasteiger partial charge in [0.1, 0.15) is 0 Å². The molecule has 2 N–H and O–H groups in total. The second-order valence-electron chi connectivity index (χ2n) is 4.65. The minimum Gasteiger partial charge on any atom is -0.324 e. The Morgan fingerprint density at radius 1 is 1.10 bits per heavy atom. The van der Waals surface area contributed by atoms with E-state index in [0.717, 1.165) is 27.7 Å². The van der Waals surface area contributed by atoms with Crippen LogP contribution < -0.4 is 5.73 Å². The molecule has 21 heavy (non-hydrogen) atoms. The molecule has 0 saturated heterocycles. The predicted octanol–water partition coefficient (Wildman–Crippen LogP) is 5.36. The van der Waals surface area contributed by atoms with Gasteiger partial charge in [0.25, 0.3) is 0 Å². The van der Waals surface area contributed by atoms with Crippen LogP contribution >= 0.6 is 27.5 Å². The number of hydrogen-bond donors (Lipinski definition) is 1. The van der Waals surface area contributed by atoms with Crippen molar-refractivity contribution in [3.63, 3.8) is 0 Å². The third-order valence-corrected chi connectivity index (χ3v) is 4.43. The molecular formula is C15H12BrClF3N. The smallest absolute Gasteiger partial charge is 0.324 e. The summed E-state index contributed by atoms with van der Waals surface area (Å²) in [6, 6.07) is 10.0. The minimum absolute atomic E-state index is 0.383. The third kappa shape index (κ3) is 3.99. The molecule has 2 aromatic rings. The summed E-state index contributed by atoms with van der Waals surface area (Å²) < 4.78 is 38.2. The average Bonchev–Trinajstić information content (AvgIpc) is 2.41. The summed E-state index contributed by atoms with van der Waals surface area (Å²) in [7, 11) is 0. The summed E-state index contributed by atoms with van der Waals surface area (Å²) in [4.78, 5) is 0. The fraction of sp³-hybridized carbons (Fsp3) is 0.200. The lowest BCUT2D eigenvalue weighted by Gasteiger charge is -2.15. The third-order valence-electron chi connectivity index (χ3n) is 3.12. The van der Waals surface area contributed by atoms with E-state index in [1.165, 1.54) is 12.1 Å². The van der Waals surface area contributed by atoms with Crippen LogP contribution in [0.4, 0.5) is 13.2 Å². The van der Waals surface area contributed by atoms with Gasteiger partial charge in [0.05, 0.1) is 10.6 Å². The van der Waals surface area contributed by atoms with E-state index in [9.17, 15) is 13.2 Å². The van der Waals surface area contributed by atoms with E-state index >= 15 is 0 Å². The van der Waals surface area contributed by atoms with Gasteiger partial charge >= 0.3 is 6.18 Å². The van der Waals surface area contributed by atoms with E-state index in [1.54, 1.807) is 6.07 Å². The highest BCUT2D eigenvalue weighted by atomic mass is 79.9. The Bertz CT molecular complexity index is 626. The minimum atomic E-state index is -4.33. The largest absolute Gasteiger partial charge is 0.416 e. The molecule has 112 valence electrons. The average molecular weight is 379 g/mol. The number of halogens is 5. The van der Waals surface area contributed by atoms with Gasteiger partial charge in [-0.1, -0.05) is 35.9 Å². The Balaban J connectivity index is 2.16. The monoisotopic (exact) mass is 377 g/mol. The second-order valence-corrected chi connectivity index (χ2v) is 5.88. The van der Waals surface area contributed by atoms with Crippen LogP contribution in [0.5, 0.6) is 0 Å². The molecule has 0 aliphatic heterocycles. The van der Waals surface area contributed by atoms with Crippen molar-refractivity contribution in [2.75, 3.05) is 0 Å². The first-order valence-electron chi connectivity index (χ1n) is 6.14. The van der Waals surface area contributed by atoms with Gasteiger partial charge in [0.15, 0.2) is 0 Å². The number of benzene rings is 2. The molecule has 1 atom stereocenters. The molecular weight excluding hydrogens is 367 g/mol. The highest BCUT2D eigenvalue weighted by molar-refractivity contribution is 9.10. The van der Waals surface area contributed by atoms with E-state index in [4.69, 9.17) is 17.3 Å². The van der Waals surface area contributed by atoms with Crippen LogP contribution in [0.3, 0.4) is 0 Å². The van der Waals surface area contributed by atoms with Crippen molar-refractivity contribution in [2.45, 2.75) is 18.6 Å². The van der Waals surface area contributed by atoms with Crippen molar-refractivity contribution in [1.29, 1.82) is 0 Å². The Hall–Kier alpha value is -1.04. The van der Waals surface area contributed by atoms with Crippen molar-refractivity contribution in [3.05, 3.63) is 68.7 Å². The number of nitrogens with two attached hydrogens (primary N) is 1.